The number of carboxylic acid groups (broad SMARTS) is 1. The maximum atomic E-state index is 12.7. The molecule has 1 aliphatic heterocycles. The summed E-state index contributed by atoms with van der Waals surface area (Å²) in [5.41, 5.74) is 0.555. The van der Waals surface area contributed by atoms with Gasteiger partial charge in [0.25, 0.3) is 5.91 Å². The molecule has 0 aromatic heterocycles. The van der Waals surface area contributed by atoms with Gasteiger partial charge in [-0.15, -0.1) is 12.4 Å². The predicted octanol–water partition coefficient (Wildman–Crippen LogP) is 2.39. The fourth-order valence-electron chi connectivity index (χ4n) is 2.65. The van der Waals surface area contributed by atoms with E-state index in [0.717, 1.165) is 32.7 Å². The minimum atomic E-state index is -0.745. The lowest BCUT2D eigenvalue weighted by Gasteiger charge is -2.34. The van der Waals surface area contributed by atoms with Gasteiger partial charge < -0.3 is 29.1 Å². The molecular formula is C19H31ClN2O6. The first-order valence-corrected chi connectivity index (χ1v) is 8.95. The predicted molar refractivity (Wildman–Crippen MR) is 109 cm³/mol. The largest absolute Gasteiger partial charge is 0.493 e. The summed E-state index contributed by atoms with van der Waals surface area (Å²) in [5.74, 6) is 0.743. The lowest BCUT2D eigenvalue weighted by Crippen LogP contribution is -2.48. The molecule has 0 atom stereocenters. The molecule has 8 nitrogen and oxygen atoms in total. The second-order valence-electron chi connectivity index (χ2n) is 5.89. The number of carbonyl (C=O) groups is 2. The van der Waals surface area contributed by atoms with Crippen molar-refractivity contribution >= 4 is 24.3 Å². The molecule has 0 spiro atoms. The Hall–Kier alpha value is -2.19. The van der Waals surface area contributed by atoms with E-state index in [-0.39, 0.29) is 24.7 Å². The van der Waals surface area contributed by atoms with Gasteiger partial charge in [0.1, 0.15) is 0 Å². The van der Waals surface area contributed by atoms with Crippen molar-refractivity contribution in [3.8, 4) is 17.2 Å². The number of aliphatic carboxylic acids is 1. The first-order valence-electron chi connectivity index (χ1n) is 8.95. The van der Waals surface area contributed by atoms with E-state index in [1.54, 1.807) is 40.4 Å². The SMILES string of the molecule is CCC(=O)O.CCN1CCN(C(=O)c2cc(OC)c(OC)c(OC)c2)CC1.Cl. The number of carbonyl (C=O) groups excluding carboxylic acids is 1. The van der Waals surface area contributed by atoms with Crippen molar-refractivity contribution in [3.05, 3.63) is 17.7 Å². The molecule has 1 amide bonds. The third kappa shape index (κ3) is 7.09. The number of hydrogen-bond acceptors (Lipinski definition) is 6. The van der Waals surface area contributed by atoms with Crippen molar-refractivity contribution < 1.29 is 28.9 Å². The summed E-state index contributed by atoms with van der Waals surface area (Å²) < 4.78 is 15.9. The summed E-state index contributed by atoms with van der Waals surface area (Å²) in [6.45, 7) is 8.05. The number of methoxy groups -OCH3 is 3. The molecule has 2 rings (SSSR count). The van der Waals surface area contributed by atoms with Gasteiger partial charge in [0.05, 0.1) is 21.3 Å². The van der Waals surface area contributed by atoms with Gasteiger partial charge in [-0.05, 0) is 18.7 Å². The number of amides is 1. The Labute approximate surface area is 172 Å². The van der Waals surface area contributed by atoms with Crippen molar-refractivity contribution in [1.29, 1.82) is 0 Å². The Morgan fingerprint density at radius 1 is 0.964 bits per heavy atom. The number of nitrogens with zero attached hydrogens (tertiary/aromatic N) is 2. The van der Waals surface area contributed by atoms with Gasteiger partial charge in [0, 0.05) is 38.2 Å². The zero-order chi connectivity index (χ0) is 20.4. The lowest BCUT2D eigenvalue weighted by atomic mass is 10.1. The molecule has 1 saturated heterocycles. The number of halogens is 1. The van der Waals surface area contributed by atoms with Gasteiger partial charge in [0.2, 0.25) is 5.75 Å². The Kier molecular flexibility index (Phi) is 12.0. The van der Waals surface area contributed by atoms with Crippen molar-refractivity contribution in [1.82, 2.24) is 9.80 Å². The molecule has 0 unspecified atom stereocenters. The van der Waals surface area contributed by atoms with Crippen LogP contribution in [0.2, 0.25) is 0 Å². The average Bonchev–Trinajstić information content (AvgIpc) is 2.72. The van der Waals surface area contributed by atoms with Crippen LogP contribution in [0.3, 0.4) is 0 Å². The van der Waals surface area contributed by atoms with Gasteiger partial charge in [-0.25, -0.2) is 0 Å². The zero-order valence-corrected chi connectivity index (χ0v) is 18.0. The summed E-state index contributed by atoms with van der Waals surface area (Å²) >= 11 is 0. The molecule has 1 aromatic rings. The van der Waals surface area contributed by atoms with Crippen LogP contribution in [0.25, 0.3) is 0 Å². The van der Waals surface area contributed by atoms with Crippen LogP contribution in [-0.2, 0) is 4.79 Å². The number of carboxylic acids is 1. The maximum Gasteiger partial charge on any atom is 0.303 e. The Bertz CT molecular complexity index is 608. The van der Waals surface area contributed by atoms with E-state index < -0.39 is 5.97 Å². The molecule has 0 saturated carbocycles. The number of piperazine rings is 1. The summed E-state index contributed by atoms with van der Waals surface area (Å²) in [6, 6.07) is 3.41. The Morgan fingerprint density at radius 2 is 1.43 bits per heavy atom. The second-order valence-corrected chi connectivity index (χ2v) is 5.89. The van der Waals surface area contributed by atoms with Crippen molar-refractivity contribution in [2.24, 2.45) is 0 Å². The molecule has 0 aliphatic carbocycles. The van der Waals surface area contributed by atoms with Gasteiger partial charge in [-0.2, -0.15) is 0 Å². The van der Waals surface area contributed by atoms with Crippen LogP contribution in [0.1, 0.15) is 30.6 Å². The van der Waals surface area contributed by atoms with Crippen LogP contribution in [0.5, 0.6) is 17.2 Å². The van der Waals surface area contributed by atoms with E-state index in [0.29, 0.717) is 22.8 Å². The third-order valence-electron chi connectivity index (χ3n) is 4.32. The van der Waals surface area contributed by atoms with E-state index in [2.05, 4.69) is 11.8 Å². The van der Waals surface area contributed by atoms with Crippen molar-refractivity contribution in [2.75, 3.05) is 54.1 Å². The molecule has 0 bridgehead atoms. The van der Waals surface area contributed by atoms with E-state index >= 15 is 0 Å². The molecular weight excluding hydrogens is 388 g/mol. The van der Waals surface area contributed by atoms with Crippen LogP contribution in [0.4, 0.5) is 0 Å². The van der Waals surface area contributed by atoms with Crippen LogP contribution < -0.4 is 14.2 Å². The highest BCUT2D eigenvalue weighted by Crippen LogP contribution is 2.38. The molecule has 28 heavy (non-hydrogen) atoms. The van der Waals surface area contributed by atoms with Crippen LogP contribution in [0.15, 0.2) is 12.1 Å². The highest BCUT2D eigenvalue weighted by Gasteiger charge is 2.24. The zero-order valence-electron chi connectivity index (χ0n) is 17.2. The average molecular weight is 419 g/mol. The van der Waals surface area contributed by atoms with Gasteiger partial charge >= 0.3 is 5.97 Å². The first-order chi connectivity index (χ1) is 12.9. The van der Waals surface area contributed by atoms with Crippen LogP contribution >= 0.6 is 12.4 Å². The van der Waals surface area contributed by atoms with E-state index in [1.807, 2.05) is 4.90 Å². The maximum absolute atomic E-state index is 12.7. The molecule has 1 fully saturated rings. The highest BCUT2D eigenvalue weighted by atomic mass is 35.5. The summed E-state index contributed by atoms with van der Waals surface area (Å²) in [7, 11) is 4.64. The highest BCUT2D eigenvalue weighted by molar-refractivity contribution is 5.95. The summed E-state index contributed by atoms with van der Waals surface area (Å²) in [5, 5.41) is 7.72. The molecule has 0 radical (unpaired) electrons. The number of ether oxygens (including phenoxy) is 3. The molecule has 1 aromatic carbocycles. The number of hydrogen-bond donors (Lipinski definition) is 1. The topological polar surface area (TPSA) is 88.5 Å². The molecule has 9 heteroatoms. The minimum Gasteiger partial charge on any atom is -0.493 e. The monoisotopic (exact) mass is 418 g/mol. The second kappa shape index (κ2) is 13.1. The lowest BCUT2D eigenvalue weighted by molar-refractivity contribution is -0.136. The quantitative estimate of drug-likeness (QED) is 0.758. The number of rotatable bonds is 6. The third-order valence-corrected chi connectivity index (χ3v) is 4.32. The fourth-order valence-corrected chi connectivity index (χ4v) is 2.65. The number of benzene rings is 1. The summed E-state index contributed by atoms with van der Waals surface area (Å²) in [4.78, 5) is 26.3. The molecule has 1 N–H and O–H groups in total. The smallest absolute Gasteiger partial charge is 0.303 e. The van der Waals surface area contributed by atoms with Gasteiger partial charge in [0.15, 0.2) is 11.5 Å². The fraction of sp³-hybridized carbons (Fsp3) is 0.579. The molecule has 1 heterocycles. The van der Waals surface area contributed by atoms with Gasteiger partial charge in [-0.1, -0.05) is 13.8 Å². The normalized spacial score (nSPS) is 13.5. The molecule has 160 valence electrons. The summed E-state index contributed by atoms with van der Waals surface area (Å²) in [6.07, 6.45) is 0.222. The van der Waals surface area contributed by atoms with Crippen LogP contribution in [0, 0.1) is 0 Å². The van der Waals surface area contributed by atoms with Crippen molar-refractivity contribution in [3.63, 3.8) is 0 Å². The first kappa shape index (κ1) is 25.8. The molecule has 1 aliphatic rings. The van der Waals surface area contributed by atoms with E-state index in [9.17, 15) is 9.59 Å². The standard InChI is InChI=1S/C16H24N2O4.C3H6O2.ClH/c1-5-17-6-8-18(9-7-17)16(19)12-10-13(20-2)15(22-4)14(11-12)21-3;1-2-3(4)5;/h10-11H,5-9H2,1-4H3;2H2,1H3,(H,4,5);1H. The Morgan fingerprint density at radius 3 is 1.75 bits per heavy atom. The Balaban J connectivity index is 0.00000108. The van der Waals surface area contributed by atoms with E-state index in [4.69, 9.17) is 19.3 Å². The van der Waals surface area contributed by atoms with Crippen molar-refractivity contribution in [2.45, 2.75) is 20.3 Å². The van der Waals surface area contributed by atoms with Gasteiger partial charge in [-0.3, -0.25) is 9.59 Å². The van der Waals surface area contributed by atoms with E-state index in [1.165, 1.54) is 0 Å². The minimum absolute atomic E-state index is 0. The number of likely N-dealkylation sites (N-methyl/N-ethyl adjacent to an activating group) is 1. The van der Waals surface area contributed by atoms with Crippen LogP contribution in [-0.4, -0.2) is 80.8 Å².